The van der Waals surface area contributed by atoms with Crippen molar-refractivity contribution < 1.29 is 6.16 Å². The first-order valence-electron chi connectivity index (χ1n) is 7.56. The van der Waals surface area contributed by atoms with Gasteiger partial charge in [0.15, 0.2) is 5.17 Å². The third kappa shape index (κ3) is 10.2. The first-order valence-corrected chi connectivity index (χ1v) is 8.37. The maximum atomic E-state index is 7.41. The molecular formula is C16H38N4OS. The van der Waals surface area contributed by atoms with Crippen LogP contribution in [0.3, 0.4) is 0 Å². The molecule has 0 radical (unpaired) electrons. The van der Waals surface area contributed by atoms with Crippen molar-refractivity contribution in [2.24, 2.45) is 11.1 Å². The largest absolute Gasteiger partial charge is 0.383 e. The fourth-order valence-corrected chi connectivity index (χ4v) is 2.65. The van der Waals surface area contributed by atoms with Crippen molar-refractivity contribution in [3.63, 3.8) is 0 Å². The zero-order valence-electron chi connectivity index (χ0n) is 14.2. The molecule has 4 N–H and O–H groups in total. The molecule has 0 spiro atoms. The van der Waals surface area contributed by atoms with Crippen LogP contribution >= 0.6 is 11.8 Å². The molecule has 22 heavy (non-hydrogen) atoms. The lowest BCUT2D eigenvalue weighted by Gasteiger charge is -2.22. The number of ether oxygens (including phenoxy) is 1. The number of likely N-dealkylation sites (tertiary alicyclic amines) is 1. The van der Waals surface area contributed by atoms with E-state index in [0.29, 0.717) is 11.1 Å². The minimum Gasteiger partial charge on any atom is -0.383 e. The van der Waals surface area contributed by atoms with Crippen LogP contribution in [0.5, 0.6) is 0 Å². The van der Waals surface area contributed by atoms with E-state index in [9.17, 15) is 0 Å². The van der Waals surface area contributed by atoms with Crippen LogP contribution in [0.1, 0.15) is 55.8 Å². The summed E-state index contributed by atoms with van der Waals surface area (Å²) in [6, 6.07) is 0.708. The van der Waals surface area contributed by atoms with Crippen LogP contribution in [0.2, 0.25) is 0 Å². The number of rotatable bonds is 4. The van der Waals surface area contributed by atoms with Gasteiger partial charge in [-0.15, -0.1) is 0 Å². The number of hydrogen-bond acceptors (Lipinski definition) is 5. The summed E-state index contributed by atoms with van der Waals surface area (Å²) in [5.41, 5.74) is 4.91. The Bertz CT molecular complexity index is 323. The van der Waals surface area contributed by atoms with E-state index < -0.39 is 0 Å². The van der Waals surface area contributed by atoms with Gasteiger partial charge in [-0.3, -0.25) is 15.7 Å². The van der Waals surface area contributed by atoms with Crippen LogP contribution in [0, 0.1) is 16.2 Å². The Morgan fingerprint density at radius 2 is 2.00 bits per heavy atom. The van der Waals surface area contributed by atoms with E-state index in [1.165, 1.54) is 32.4 Å². The molecular weight excluding hydrogens is 296 g/mol. The molecule has 0 amide bonds. The normalized spacial score (nSPS) is 18.1. The topological polar surface area (TPSA) is 86.2 Å². The molecule has 1 heterocycles. The molecule has 134 valence electrons. The molecule has 0 aromatic heterocycles. The van der Waals surface area contributed by atoms with Crippen molar-refractivity contribution in [3.8, 4) is 0 Å². The van der Waals surface area contributed by atoms with E-state index in [-0.39, 0.29) is 19.4 Å². The van der Waals surface area contributed by atoms with Crippen LogP contribution in [-0.4, -0.2) is 48.0 Å². The van der Waals surface area contributed by atoms with Crippen molar-refractivity contribution >= 4 is 22.0 Å². The smallest absolute Gasteiger partial charge is 0.157 e. The molecule has 5 nitrogen and oxygen atoms in total. The molecule has 0 unspecified atom stereocenters. The first-order chi connectivity index (χ1) is 9.72. The minimum atomic E-state index is -0.184. The molecule has 0 bridgehead atoms. The zero-order valence-corrected chi connectivity index (χ0v) is 15.0. The van der Waals surface area contributed by atoms with Gasteiger partial charge >= 0.3 is 0 Å². The third-order valence-electron chi connectivity index (χ3n) is 3.26. The predicted molar refractivity (Wildman–Crippen MR) is 102 cm³/mol. The second kappa shape index (κ2) is 11.9. The van der Waals surface area contributed by atoms with Crippen molar-refractivity contribution in [3.05, 3.63) is 0 Å². The van der Waals surface area contributed by atoms with E-state index in [4.69, 9.17) is 21.3 Å². The number of nitrogens with zero attached hydrogens (tertiary/aromatic N) is 1. The number of amidine groups is 1. The van der Waals surface area contributed by atoms with Gasteiger partial charge in [0.2, 0.25) is 0 Å². The average molecular weight is 335 g/mol. The van der Waals surface area contributed by atoms with Crippen molar-refractivity contribution in [1.29, 1.82) is 10.8 Å². The van der Waals surface area contributed by atoms with Gasteiger partial charge in [-0.2, -0.15) is 0 Å². The molecule has 1 fully saturated rings. The molecule has 1 rings (SSSR count). The lowest BCUT2D eigenvalue weighted by molar-refractivity contribution is 0.115. The quantitative estimate of drug-likeness (QED) is 0.535. The highest BCUT2D eigenvalue weighted by molar-refractivity contribution is 8.26. The lowest BCUT2D eigenvalue weighted by atomic mass is 9.99. The molecule has 0 aromatic rings. The number of nitrogens with one attached hydrogen (secondary N) is 2. The van der Waals surface area contributed by atoms with Gasteiger partial charge in [-0.25, -0.2) is 0 Å². The predicted octanol–water partition coefficient (Wildman–Crippen LogP) is 4.03. The summed E-state index contributed by atoms with van der Waals surface area (Å²) in [5.74, 6) is 0. The van der Waals surface area contributed by atoms with Crippen molar-refractivity contribution in [1.82, 2.24) is 4.90 Å². The summed E-state index contributed by atoms with van der Waals surface area (Å²) in [7, 11) is 1.79. The van der Waals surface area contributed by atoms with Gasteiger partial charge in [0, 0.05) is 20.0 Å². The standard InChI is InChI=1S/C9H19NO.C6H13N3S.CH4.H2/c1-3-6-10-7-4-5-9(10)8-11-2;1-6(2,3)4(7)10-5(8)9;;/h9H,3-8H2,1-2H3;7H,1-3H3,(H3,8,9);1H4;1H/t9-;;;/m0.../s1. The van der Waals surface area contributed by atoms with E-state index >= 15 is 0 Å². The second-order valence-corrected chi connectivity index (χ2v) is 7.38. The first kappa shape index (κ1) is 23.7. The highest BCUT2D eigenvalue weighted by Crippen LogP contribution is 2.22. The van der Waals surface area contributed by atoms with E-state index in [2.05, 4.69) is 11.8 Å². The SMILES string of the molecule is C.CC(C)(C)C(=N)SC(=N)N.CCCN1CCC[C@H]1COC.[HH]. The molecule has 0 aromatic carbocycles. The molecule has 6 heteroatoms. The van der Waals surface area contributed by atoms with Crippen molar-refractivity contribution in [2.45, 2.75) is 60.4 Å². The maximum Gasteiger partial charge on any atom is 0.157 e. The molecule has 1 aliphatic rings. The van der Waals surface area contributed by atoms with Gasteiger partial charge in [-0.1, -0.05) is 35.1 Å². The Balaban J connectivity index is -0.000000322. The summed E-state index contributed by atoms with van der Waals surface area (Å²) in [5, 5.41) is 14.7. The second-order valence-electron chi connectivity index (χ2n) is 6.33. The highest BCUT2D eigenvalue weighted by atomic mass is 32.2. The van der Waals surface area contributed by atoms with Gasteiger partial charge in [0.25, 0.3) is 0 Å². The Kier molecular flexibility index (Phi) is 12.8. The number of thioether (sulfide) groups is 1. The summed E-state index contributed by atoms with van der Waals surface area (Å²) >= 11 is 1.01. The Hall–Kier alpha value is -0.590. The summed E-state index contributed by atoms with van der Waals surface area (Å²) in [6.45, 7) is 11.4. The number of methoxy groups -OCH3 is 1. The van der Waals surface area contributed by atoms with Gasteiger partial charge in [-0.05, 0) is 44.1 Å². The molecule has 0 saturated carbocycles. The Morgan fingerprint density at radius 1 is 1.41 bits per heavy atom. The van der Waals surface area contributed by atoms with Crippen LogP contribution in [0.25, 0.3) is 0 Å². The Morgan fingerprint density at radius 3 is 2.36 bits per heavy atom. The third-order valence-corrected chi connectivity index (χ3v) is 4.30. The van der Waals surface area contributed by atoms with E-state index in [0.717, 1.165) is 18.4 Å². The van der Waals surface area contributed by atoms with Gasteiger partial charge < -0.3 is 10.5 Å². The monoisotopic (exact) mass is 334 g/mol. The molecule has 1 atom stereocenters. The molecule has 1 aliphatic heterocycles. The maximum absolute atomic E-state index is 7.41. The van der Waals surface area contributed by atoms with Crippen LogP contribution in [0.15, 0.2) is 0 Å². The number of nitrogens with two attached hydrogens (primary N) is 1. The van der Waals surface area contributed by atoms with E-state index in [1.807, 2.05) is 20.8 Å². The Labute approximate surface area is 142 Å². The number of hydrogen-bond donors (Lipinski definition) is 3. The fourth-order valence-electron chi connectivity index (χ4n) is 2.12. The molecule has 1 saturated heterocycles. The van der Waals surface area contributed by atoms with Crippen molar-refractivity contribution in [2.75, 3.05) is 26.8 Å². The van der Waals surface area contributed by atoms with Gasteiger partial charge in [0.1, 0.15) is 0 Å². The molecule has 0 aliphatic carbocycles. The fraction of sp³-hybridized carbons (Fsp3) is 0.875. The van der Waals surface area contributed by atoms with E-state index in [1.54, 1.807) is 7.11 Å². The zero-order chi connectivity index (χ0) is 16.5. The van der Waals surface area contributed by atoms with Crippen LogP contribution in [-0.2, 0) is 4.74 Å². The average Bonchev–Trinajstić information content (AvgIpc) is 2.77. The van der Waals surface area contributed by atoms with Crippen LogP contribution in [0.4, 0.5) is 0 Å². The summed E-state index contributed by atoms with van der Waals surface area (Å²) < 4.78 is 5.16. The highest BCUT2D eigenvalue weighted by Gasteiger charge is 2.22. The van der Waals surface area contributed by atoms with Crippen LogP contribution < -0.4 is 5.73 Å². The minimum absolute atomic E-state index is 0. The lowest BCUT2D eigenvalue weighted by Crippen LogP contribution is -2.33. The summed E-state index contributed by atoms with van der Waals surface area (Å²) in [6.07, 6.45) is 3.95. The summed E-state index contributed by atoms with van der Waals surface area (Å²) in [4.78, 5) is 2.55. The van der Waals surface area contributed by atoms with Gasteiger partial charge in [0.05, 0.1) is 11.7 Å².